The Labute approximate surface area is 123 Å². The molecule has 1 aromatic heterocycles. The summed E-state index contributed by atoms with van der Waals surface area (Å²) in [6, 6.07) is 9.18. The Morgan fingerprint density at radius 1 is 1.33 bits per heavy atom. The van der Waals surface area contributed by atoms with Crippen molar-refractivity contribution in [2.75, 3.05) is 0 Å². The second kappa shape index (κ2) is 7.15. The molecule has 5 nitrogen and oxygen atoms in total. The monoisotopic (exact) mass is 280 g/mol. The zero-order valence-electron chi connectivity index (χ0n) is 11.8. The maximum atomic E-state index is 12.2. The predicted molar refractivity (Wildman–Crippen MR) is 78.4 cm³/mol. The van der Waals surface area contributed by atoms with Crippen LogP contribution in [0.1, 0.15) is 40.5 Å². The highest BCUT2D eigenvalue weighted by Crippen LogP contribution is 2.08. The normalized spacial score (nSPS) is 9.90. The molecule has 0 aliphatic heterocycles. The van der Waals surface area contributed by atoms with E-state index in [-0.39, 0.29) is 5.91 Å². The molecule has 2 rings (SSSR count). The first-order valence-corrected chi connectivity index (χ1v) is 6.80. The first-order valence-electron chi connectivity index (χ1n) is 6.80. The number of carbonyl (C=O) groups excluding carboxylic acids is 1. The van der Waals surface area contributed by atoms with Crippen molar-refractivity contribution in [2.45, 2.75) is 26.3 Å². The molecule has 1 N–H and O–H groups in total. The van der Waals surface area contributed by atoms with E-state index in [2.05, 4.69) is 21.4 Å². The zero-order valence-corrected chi connectivity index (χ0v) is 11.8. The van der Waals surface area contributed by atoms with Crippen molar-refractivity contribution in [3.63, 3.8) is 0 Å². The van der Waals surface area contributed by atoms with Gasteiger partial charge in [0.1, 0.15) is 6.33 Å². The Kier molecular flexibility index (Phi) is 4.99. The largest absolute Gasteiger partial charge is 0.348 e. The highest BCUT2D eigenvalue weighted by atomic mass is 16.1. The van der Waals surface area contributed by atoms with Crippen LogP contribution in [0.15, 0.2) is 36.8 Å². The molecule has 2 aromatic rings. The van der Waals surface area contributed by atoms with Gasteiger partial charge in [0, 0.05) is 12.7 Å². The number of nitrogens with zero attached hydrogens (tertiary/aromatic N) is 3. The van der Waals surface area contributed by atoms with Gasteiger partial charge >= 0.3 is 0 Å². The van der Waals surface area contributed by atoms with E-state index < -0.39 is 0 Å². The Hall–Kier alpha value is -2.74. The van der Waals surface area contributed by atoms with Crippen LogP contribution in [0.2, 0.25) is 0 Å². The van der Waals surface area contributed by atoms with E-state index in [1.165, 1.54) is 6.33 Å². The molecule has 1 amide bonds. The summed E-state index contributed by atoms with van der Waals surface area (Å²) in [5.41, 5.74) is 2.83. The van der Waals surface area contributed by atoms with Crippen LogP contribution in [0.5, 0.6) is 0 Å². The van der Waals surface area contributed by atoms with Gasteiger partial charge in [0.15, 0.2) is 0 Å². The highest BCUT2D eigenvalue weighted by Gasteiger charge is 2.11. The molecule has 0 aliphatic carbocycles. The van der Waals surface area contributed by atoms with Crippen LogP contribution in [-0.4, -0.2) is 15.9 Å². The summed E-state index contributed by atoms with van der Waals surface area (Å²) >= 11 is 0. The summed E-state index contributed by atoms with van der Waals surface area (Å²) < 4.78 is 0. The number of rotatable bonds is 5. The number of amides is 1. The number of nitrogens with one attached hydrogen (secondary N) is 1. The lowest BCUT2D eigenvalue weighted by Crippen LogP contribution is -2.24. The van der Waals surface area contributed by atoms with Crippen LogP contribution in [0.25, 0.3) is 0 Å². The Bertz CT molecular complexity index is 659. The summed E-state index contributed by atoms with van der Waals surface area (Å²) in [4.78, 5) is 20.3. The SMILES string of the molecule is CCCc1ncncc1C(=O)NCc1ccc(C#N)cc1. The van der Waals surface area contributed by atoms with E-state index in [9.17, 15) is 4.79 Å². The van der Waals surface area contributed by atoms with Crippen LogP contribution < -0.4 is 5.32 Å². The van der Waals surface area contributed by atoms with Gasteiger partial charge in [-0.15, -0.1) is 0 Å². The average Bonchev–Trinajstić information content (AvgIpc) is 2.54. The number of nitriles is 1. The minimum Gasteiger partial charge on any atom is -0.348 e. The van der Waals surface area contributed by atoms with Crippen molar-refractivity contribution >= 4 is 5.91 Å². The van der Waals surface area contributed by atoms with Crippen molar-refractivity contribution in [3.8, 4) is 6.07 Å². The van der Waals surface area contributed by atoms with Gasteiger partial charge in [-0.2, -0.15) is 5.26 Å². The number of benzene rings is 1. The number of aryl methyl sites for hydroxylation is 1. The second-order valence-corrected chi connectivity index (χ2v) is 4.62. The van der Waals surface area contributed by atoms with E-state index in [0.29, 0.717) is 17.7 Å². The molecule has 0 saturated carbocycles. The highest BCUT2D eigenvalue weighted by molar-refractivity contribution is 5.94. The molecule has 0 fully saturated rings. The van der Waals surface area contributed by atoms with Crippen LogP contribution in [0.3, 0.4) is 0 Å². The molecule has 0 bridgehead atoms. The molecular weight excluding hydrogens is 264 g/mol. The van der Waals surface area contributed by atoms with E-state index in [0.717, 1.165) is 24.1 Å². The fourth-order valence-electron chi connectivity index (χ4n) is 1.96. The van der Waals surface area contributed by atoms with E-state index in [4.69, 9.17) is 5.26 Å². The van der Waals surface area contributed by atoms with Crippen molar-refractivity contribution in [1.29, 1.82) is 5.26 Å². The topological polar surface area (TPSA) is 78.7 Å². The van der Waals surface area contributed by atoms with Crippen molar-refractivity contribution in [1.82, 2.24) is 15.3 Å². The van der Waals surface area contributed by atoms with Crippen molar-refractivity contribution < 1.29 is 4.79 Å². The summed E-state index contributed by atoms with van der Waals surface area (Å²) in [6.07, 6.45) is 4.68. The predicted octanol–water partition coefficient (Wildman–Crippen LogP) is 2.23. The lowest BCUT2D eigenvalue weighted by molar-refractivity contribution is 0.0949. The van der Waals surface area contributed by atoms with Crippen LogP contribution in [0, 0.1) is 11.3 Å². The molecule has 1 aromatic carbocycles. The van der Waals surface area contributed by atoms with Crippen molar-refractivity contribution in [2.24, 2.45) is 0 Å². The van der Waals surface area contributed by atoms with Crippen LogP contribution in [-0.2, 0) is 13.0 Å². The van der Waals surface area contributed by atoms with Crippen molar-refractivity contribution in [3.05, 3.63) is 59.2 Å². The average molecular weight is 280 g/mol. The van der Waals surface area contributed by atoms with Gasteiger partial charge in [0.2, 0.25) is 0 Å². The molecule has 0 saturated heterocycles. The van der Waals surface area contributed by atoms with E-state index in [1.807, 2.05) is 19.1 Å². The third-order valence-corrected chi connectivity index (χ3v) is 3.06. The number of carbonyl (C=O) groups is 1. The second-order valence-electron chi connectivity index (χ2n) is 4.62. The molecular formula is C16H16N4O. The molecule has 1 heterocycles. The van der Waals surface area contributed by atoms with Gasteiger partial charge in [-0.1, -0.05) is 25.5 Å². The van der Waals surface area contributed by atoms with Gasteiger partial charge in [0.05, 0.1) is 22.9 Å². The minimum atomic E-state index is -0.177. The maximum Gasteiger partial charge on any atom is 0.254 e. The third-order valence-electron chi connectivity index (χ3n) is 3.06. The fourth-order valence-corrected chi connectivity index (χ4v) is 1.96. The summed E-state index contributed by atoms with van der Waals surface area (Å²) in [5, 5.41) is 11.6. The van der Waals surface area contributed by atoms with Gasteiger partial charge in [0.25, 0.3) is 5.91 Å². The Morgan fingerprint density at radius 2 is 2.10 bits per heavy atom. The quantitative estimate of drug-likeness (QED) is 0.911. The smallest absolute Gasteiger partial charge is 0.254 e. The van der Waals surface area contributed by atoms with Gasteiger partial charge < -0.3 is 5.32 Å². The molecule has 106 valence electrons. The molecule has 0 unspecified atom stereocenters. The standard InChI is InChI=1S/C16H16N4O/c1-2-3-15-14(10-18-11-20-15)16(21)19-9-13-6-4-12(8-17)5-7-13/h4-7,10-11H,2-3,9H2,1H3,(H,19,21). The summed E-state index contributed by atoms with van der Waals surface area (Å²) in [7, 11) is 0. The lowest BCUT2D eigenvalue weighted by atomic mass is 10.1. The number of hydrogen-bond acceptors (Lipinski definition) is 4. The van der Waals surface area contributed by atoms with Gasteiger partial charge in [-0.3, -0.25) is 4.79 Å². The third kappa shape index (κ3) is 3.86. The van der Waals surface area contributed by atoms with Gasteiger partial charge in [-0.25, -0.2) is 9.97 Å². The van der Waals surface area contributed by atoms with Crippen LogP contribution >= 0.6 is 0 Å². The van der Waals surface area contributed by atoms with Crippen LogP contribution in [0.4, 0.5) is 0 Å². The van der Waals surface area contributed by atoms with E-state index in [1.54, 1.807) is 18.3 Å². The molecule has 5 heteroatoms. The number of aromatic nitrogens is 2. The lowest BCUT2D eigenvalue weighted by Gasteiger charge is -2.08. The summed E-state index contributed by atoms with van der Waals surface area (Å²) in [5.74, 6) is -0.177. The summed E-state index contributed by atoms with van der Waals surface area (Å²) in [6.45, 7) is 2.45. The van der Waals surface area contributed by atoms with E-state index >= 15 is 0 Å². The number of hydrogen-bond donors (Lipinski definition) is 1. The maximum absolute atomic E-state index is 12.2. The minimum absolute atomic E-state index is 0.177. The fraction of sp³-hybridized carbons (Fsp3) is 0.250. The molecule has 0 spiro atoms. The van der Waals surface area contributed by atoms with Gasteiger partial charge in [-0.05, 0) is 24.1 Å². The first-order chi connectivity index (χ1) is 10.2. The molecule has 0 radical (unpaired) electrons. The molecule has 0 atom stereocenters. The Balaban J connectivity index is 2.03. The Morgan fingerprint density at radius 3 is 2.76 bits per heavy atom. The zero-order chi connectivity index (χ0) is 15.1. The molecule has 0 aliphatic rings. The molecule has 21 heavy (non-hydrogen) atoms. The first kappa shape index (κ1) is 14.7.